The molecule has 0 saturated heterocycles. The van der Waals surface area contributed by atoms with Gasteiger partial charge in [0.05, 0.1) is 0 Å². The molecule has 0 bridgehead atoms. The summed E-state index contributed by atoms with van der Waals surface area (Å²) in [6, 6.07) is 7.09. The molecule has 3 N–H and O–H groups in total. The maximum atomic E-state index is 11.3. The SMILES string of the molecule is C=C(O[C@@H]1C=C(C(=O)O)[C@@H](O)[C@H]([Se]c2ccc(Cl)cc2)C1)C(=O)O. The molecule has 128 valence electrons. The Kier molecular flexibility index (Phi) is 6.07. The molecule has 0 unspecified atom stereocenters. The van der Waals surface area contributed by atoms with E-state index in [0.717, 1.165) is 4.46 Å². The quantitative estimate of drug-likeness (QED) is 0.365. The van der Waals surface area contributed by atoms with Gasteiger partial charge < -0.3 is 0 Å². The Labute approximate surface area is 149 Å². The van der Waals surface area contributed by atoms with Crippen molar-refractivity contribution < 1.29 is 29.6 Å². The molecule has 2 rings (SSSR count). The predicted octanol–water partition coefficient (Wildman–Crippen LogP) is 1.22. The van der Waals surface area contributed by atoms with Crippen molar-refractivity contribution in [2.45, 2.75) is 23.4 Å². The standard InChI is InChI=1S/C16H15ClO6Se/c1-8(15(19)20)23-10-6-12(16(21)22)14(18)13(7-10)24-11-4-2-9(17)3-5-11/h2-6,10,13-14,18H,1,7H2,(H,19,20)(H,21,22)/t10-,13-,14-/m1/s1. The van der Waals surface area contributed by atoms with Gasteiger partial charge in [-0.2, -0.15) is 0 Å². The summed E-state index contributed by atoms with van der Waals surface area (Å²) in [5, 5.41) is 29.0. The molecule has 24 heavy (non-hydrogen) atoms. The molecular weight excluding hydrogens is 403 g/mol. The fraction of sp³-hybridized carbons (Fsp3) is 0.250. The summed E-state index contributed by atoms with van der Waals surface area (Å²) in [6.07, 6.45) is -0.360. The number of rotatable bonds is 6. The molecule has 0 fully saturated rings. The second-order valence-corrected chi connectivity index (χ2v) is 8.29. The van der Waals surface area contributed by atoms with Crippen LogP contribution in [0.5, 0.6) is 0 Å². The Hall–Kier alpha value is -1.79. The van der Waals surface area contributed by atoms with Crippen molar-refractivity contribution in [2.24, 2.45) is 0 Å². The van der Waals surface area contributed by atoms with Gasteiger partial charge in [-0.15, -0.1) is 0 Å². The zero-order chi connectivity index (χ0) is 17.9. The normalized spacial score (nSPS) is 23.2. The van der Waals surface area contributed by atoms with Crippen LogP contribution < -0.4 is 4.46 Å². The van der Waals surface area contributed by atoms with Gasteiger partial charge in [-0.1, -0.05) is 0 Å². The second kappa shape index (κ2) is 7.85. The summed E-state index contributed by atoms with van der Waals surface area (Å²) in [7, 11) is 0. The van der Waals surface area contributed by atoms with E-state index in [-0.39, 0.29) is 25.3 Å². The number of aliphatic hydroxyl groups excluding tert-OH is 1. The molecule has 1 aromatic carbocycles. The molecule has 6 nitrogen and oxygen atoms in total. The van der Waals surface area contributed by atoms with E-state index in [0.29, 0.717) is 11.4 Å². The van der Waals surface area contributed by atoms with Crippen molar-refractivity contribution in [3.05, 3.63) is 53.3 Å². The van der Waals surface area contributed by atoms with E-state index in [2.05, 4.69) is 6.58 Å². The Morgan fingerprint density at radius 2 is 1.88 bits per heavy atom. The number of hydrogen-bond donors (Lipinski definition) is 3. The van der Waals surface area contributed by atoms with Gasteiger partial charge in [-0.25, -0.2) is 0 Å². The Balaban J connectivity index is 2.20. The van der Waals surface area contributed by atoms with E-state index in [1.165, 1.54) is 6.08 Å². The summed E-state index contributed by atoms with van der Waals surface area (Å²) in [5.41, 5.74) is -0.190. The molecular formula is C16H15ClO6Se. The third-order valence-electron chi connectivity index (χ3n) is 3.38. The first kappa shape index (κ1) is 18.5. The number of halogens is 1. The number of carboxylic acid groups (broad SMARTS) is 2. The van der Waals surface area contributed by atoms with Crippen LogP contribution in [0.2, 0.25) is 9.84 Å². The molecule has 1 aliphatic rings. The minimum absolute atomic E-state index is 0.190. The third kappa shape index (κ3) is 4.61. The molecule has 1 aromatic rings. The first-order valence-electron chi connectivity index (χ1n) is 6.92. The number of carboxylic acids is 2. The minimum atomic E-state index is -1.31. The van der Waals surface area contributed by atoms with Crippen LogP contribution in [-0.4, -0.2) is 54.4 Å². The predicted molar refractivity (Wildman–Crippen MR) is 88.6 cm³/mol. The summed E-state index contributed by atoms with van der Waals surface area (Å²) in [4.78, 5) is 21.8. The van der Waals surface area contributed by atoms with Crippen LogP contribution in [-0.2, 0) is 14.3 Å². The van der Waals surface area contributed by atoms with Crippen LogP contribution >= 0.6 is 11.6 Å². The molecule has 0 aliphatic heterocycles. The molecule has 3 atom stereocenters. The molecule has 0 saturated carbocycles. The van der Waals surface area contributed by atoms with Gasteiger partial charge >= 0.3 is 149 Å². The molecule has 0 heterocycles. The average Bonchev–Trinajstić information content (AvgIpc) is 2.52. The van der Waals surface area contributed by atoms with Crippen molar-refractivity contribution in [3.8, 4) is 0 Å². The summed E-state index contributed by atoms with van der Waals surface area (Å²) in [5.74, 6) is -3.03. The second-order valence-electron chi connectivity index (χ2n) is 5.10. The van der Waals surface area contributed by atoms with Crippen LogP contribution in [0.4, 0.5) is 0 Å². The first-order valence-corrected chi connectivity index (χ1v) is 9.14. The van der Waals surface area contributed by atoms with Crippen LogP contribution in [0.3, 0.4) is 0 Å². The summed E-state index contributed by atoms with van der Waals surface area (Å²) in [6.45, 7) is 3.29. The van der Waals surface area contributed by atoms with Gasteiger partial charge in [0, 0.05) is 0 Å². The van der Waals surface area contributed by atoms with Crippen molar-refractivity contribution in [1.29, 1.82) is 0 Å². The zero-order valence-electron chi connectivity index (χ0n) is 12.4. The van der Waals surface area contributed by atoms with E-state index in [1.54, 1.807) is 12.1 Å². The van der Waals surface area contributed by atoms with Crippen LogP contribution in [0.1, 0.15) is 6.42 Å². The summed E-state index contributed by atoms with van der Waals surface area (Å²) >= 11 is 5.60. The van der Waals surface area contributed by atoms with E-state index in [1.807, 2.05) is 12.1 Å². The van der Waals surface area contributed by atoms with Gasteiger partial charge in [0.25, 0.3) is 0 Å². The number of hydrogen-bond acceptors (Lipinski definition) is 4. The fourth-order valence-electron chi connectivity index (χ4n) is 2.24. The Morgan fingerprint density at radius 3 is 2.42 bits per heavy atom. The van der Waals surface area contributed by atoms with Crippen molar-refractivity contribution in [1.82, 2.24) is 0 Å². The van der Waals surface area contributed by atoms with E-state index in [9.17, 15) is 19.8 Å². The van der Waals surface area contributed by atoms with E-state index >= 15 is 0 Å². The maximum absolute atomic E-state index is 11.3. The number of benzene rings is 1. The number of carbonyl (C=O) groups is 2. The molecule has 1 aliphatic carbocycles. The van der Waals surface area contributed by atoms with Gasteiger partial charge in [-0.3, -0.25) is 0 Å². The summed E-state index contributed by atoms with van der Waals surface area (Å²) < 4.78 is 6.16. The van der Waals surface area contributed by atoms with Gasteiger partial charge in [0.2, 0.25) is 0 Å². The van der Waals surface area contributed by atoms with E-state index < -0.39 is 29.9 Å². The third-order valence-corrected chi connectivity index (χ3v) is 6.35. The topological polar surface area (TPSA) is 104 Å². The van der Waals surface area contributed by atoms with Gasteiger partial charge in [0.1, 0.15) is 0 Å². The molecule has 0 aromatic heterocycles. The van der Waals surface area contributed by atoms with Gasteiger partial charge in [-0.05, 0) is 0 Å². The molecule has 0 radical (unpaired) electrons. The number of aliphatic carboxylic acids is 2. The monoisotopic (exact) mass is 418 g/mol. The molecule has 0 spiro atoms. The van der Waals surface area contributed by atoms with Gasteiger partial charge in [0.15, 0.2) is 0 Å². The zero-order valence-corrected chi connectivity index (χ0v) is 14.9. The Morgan fingerprint density at radius 1 is 1.25 bits per heavy atom. The molecule has 8 heteroatoms. The van der Waals surface area contributed by atoms with Crippen LogP contribution in [0.25, 0.3) is 0 Å². The number of aliphatic hydroxyl groups is 1. The molecule has 0 amide bonds. The fourth-order valence-corrected chi connectivity index (χ4v) is 4.89. The van der Waals surface area contributed by atoms with Crippen LogP contribution in [0, 0.1) is 0 Å². The Bertz CT molecular complexity index is 684. The average molecular weight is 418 g/mol. The van der Waals surface area contributed by atoms with Crippen molar-refractivity contribution in [2.75, 3.05) is 0 Å². The van der Waals surface area contributed by atoms with E-state index in [4.69, 9.17) is 21.4 Å². The van der Waals surface area contributed by atoms with Crippen LogP contribution in [0.15, 0.2) is 48.3 Å². The first-order chi connectivity index (χ1) is 11.3. The van der Waals surface area contributed by atoms with Crippen molar-refractivity contribution in [3.63, 3.8) is 0 Å². The number of ether oxygens (including phenoxy) is 1. The van der Waals surface area contributed by atoms with Crippen molar-refractivity contribution >= 4 is 43.0 Å².